The van der Waals surface area contributed by atoms with Crippen LogP contribution in [-0.4, -0.2) is 12.2 Å². The number of hydrogen-bond acceptors (Lipinski definition) is 3. The van der Waals surface area contributed by atoms with Crippen LogP contribution in [0.15, 0.2) is 15.9 Å². The van der Waals surface area contributed by atoms with E-state index in [0.717, 1.165) is 29.8 Å². The fraction of sp³-hybridized carbons (Fsp3) is 0.714. The maximum absolute atomic E-state index is 6.54. The lowest BCUT2D eigenvalue weighted by Gasteiger charge is -2.43. The lowest BCUT2D eigenvalue weighted by Crippen LogP contribution is -2.46. The van der Waals surface area contributed by atoms with Crippen molar-refractivity contribution in [1.29, 1.82) is 0 Å². The highest BCUT2D eigenvalue weighted by molar-refractivity contribution is 9.10. The van der Waals surface area contributed by atoms with Crippen LogP contribution >= 0.6 is 27.3 Å². The second-order valence-corrected chi connectivity index (χ2v) is 7.09. The fourth-order valence-corrected chi connectivity index (χ4v) is 4.58. The molecule has 1 aliphatic rings. The normalized spacial score (nSPS) is 30.3. The molecule has 2 rings (SSSR count). The zero-order valence-corrected chi connectivity index (χ0v) is 13.5. The summed E-state index contributed by atoms with van der Waals surface area (Å²) in [7, 11) is 0. The summed E-state index contributed by atoms with van der Waals surface area (Å²) >= 11 is 5.32. The molecule has 18 heavy (non-hydrogen) atoms. The van der Waals surface area contributed by atoms with Gasteiger partial charge >= 0.3 is 0 Å². The minimum atomic E-state index is -0.158. The summed E-state index contributed by atoms with van der Waals surface area (Å²) in [5, 5.41) is 2.09. The molecule has 0 radical (unpaired) electrons. The van der Waals surface area contributed by atoms with Crippen LogP contribution < -0.4 is 5.73 Å². The highest BCUT2D eigenvalue weighted by Crippen LogP contribution is 2.44. The van der Waals surface area contributed by atoms with Crippen LogP contribution in [0.25, 0.3) is 0 Å². The van der Waals surface area contributed by atoms with E-state index >= 15 is 0 Å². The van der Waals surface area contributed by atoms with Gasteiger partial charge in [-0.2, -0.15) is 0 Å². The SMILES string of the molecule is CCOC1(C(N)c2sccc2Br)CCC(C)CC1. The summed E-state index contributed by atoms with van der Waals surface area (Å²) in [5.41, 5.74) is 6.38. The Kier molecular flexibility index (Phi) is 4.86. The molecule has 1 heterocycles. The molecule has 1 fully saturated rings. The highest BCUT2D eigenvalue weighted by Gasteiger charge is 2.42. The molecule has 1 saturated carbocycles. The quantitative estimate of drug-likeness (QED) is 0.881. The minimum absolute atomic E-state index is 0.0145. The van der Waals surface area contributed by atoms with E-state index in [0.29, 0.717) is 0 Å². The van der Waals surface area contributed by atoms with Gasteiger partial charge in [0.2, 0.25) is 0 Å². The van der Waals surface area contributed by atoms with E-state index in [1.54, 1.807) is 11.3 Å². The summed E-state index contributed by atoms with van der Waals surface area (Å²) in [4.78, 5) is 1.22. The molecule has 0 spiro atoms. The molecular formula is C14H22BrNOS. The van der Waals surface area contributed by atoms with Gasteiger partial charge in [-0.25, -0.2) is 0 Å². The van der Waals surface area contributed by atoms with Crippen LogP contribution in [0, 0.1) is 5.92 Å². The van der Waals surface area contributed by atoms with Gasteiger partial charge < -0.3 is 10.5 Å². The zero-order valence-electron chi connectivity index (χ0n) is 11.1. The first-order valence-electron chi connectivity index (χ1n) is 6.71. The maximum atomic E-state index is 6.54. The molecule has 0 amide bonds. The minimum Gasteiger partial charge on any atom is -0.373 e. The van der Waals surface area contributed by atoms with Crippen LogP contribution in [0.2, 0.25) is 0 Å². The van der Waals surface area contributed by atoms with Crippen molar-refractivity contribution >= 4 is 27.3 Å². The molecule has 1 unspecified atom stereocenters. The summed E-state index contributed by atoms with van der Waals surface area (Å²) in [5.74, 6) is 0.803. The molecule has 4 heteroatoms. The summed E-state index contributed by atoms with van der Waals surface area (Å²) in [6.45, 7) is 5.13. The average Bonchev–Trinajstić information content (AvgIpc) is 2.78. The molecule has 0 aliphatic heterocycles. The predicted octanol–water partition coefficient (Wildman–Crippen LogP) is 4.50. The smallest absolute Gasteiger partial charge is 0.0882 e. The Morgan fingerprint density at radius 1 is 1.56 bits per heavy atom. The van der Waals surface area contributed by atoms with Crippen molar-refractivity contribution in [2.24, 2.45) is 11.7 Å². The van der Waals surface area contributed by atoms with E-state index in [9.17, 15) is 0 Å². The maximum Gasteiger partial charge on any atom is 0.0882 e. The standard InChI is InChI=1S/C14H22BrNOS/c1-3-17-14(7-4-10(2)5-8-14)13(16)12-11(15)6-9-18-12/h6,9-10,13H,3-5,7-8,16H2,1-2H3. The van der Waals surface area contributed by atoms with Gasteiger partial charge in [-0.3, -0.25) is 0 Å². The van der Waals surface area contributed by atoms with Crippen LogP contribution in [0.3, 0.4) is 0 Å². The van der Waals surface area contributed by atoms with E-state index in [1.165, 1.54) is 17.7 Å². The Hall–Kier alpha value is 0.100. The monoisotopic (exact) mass is 331 g/mol. The van der Waals surface area contributed by atoms with Gasteiger partial charge in [0.1, 0.15) is 0 Å². The van der Waals surface area contributed by atoms with E-state index in [2.05, 4.69) is 41.2 Å². The zero-order chi connectivity index (χ0) is 13.2. The number of thiophene rings is 1. The third-order valence-corrected chi connectivity index (χ3v) is 6.00. The molecule has 1 atom stereocenters. The Balaban J connectivity index is 2.22. The van der Waals surface area contributed by atoms with Crippen molar-refractivity contribution in [2.45, 2.75) is 51.2 Å². The van der Waals surface area contributed by atoms with Crippen molar-refractivity contribution in [1.82, 2.24) is 0 Å². The summed E-state index contributed by atoms with van der Waals surface area (Å²) in [6, 6.07) is 2.06. The summed E-state index contributed by atoms with van der Waals surface area (Å²) < 4.78 is 7.24. The van der Waals surface area contributed by atoms with Gasteiger partial charge in [0.15, 0.2) is 0 Å². The van der Waals surface area contributed by atoms with Crippen molar-refractivity contribution < 1.29 is 4.74 Å². The third-order valence-electron chi connectivity index (χ3n) is 4.05. The average molecular weight is 332 g/mol. The van der Waals surface area contributed by atoms with Crippen molar-refractivity contribution in [3.8, 4) is 0 Å². The lowest BCUT2D eigenvalue weighted by atomic mass is 9.75. The van der Waals surface area contributed by atoms with Gasteiger partial charge in [0.25, 0.3) is 0 Å². The van der Waals surface area contributed by atoms with E-state index in [1.807, 2.05) is 0 Å². The van der Waals surface area contributed by atoms with Crippen LogP contribution in [0.4, 0.5) is 0 Å². The van der Waals surface area contributed by atoms with Gasteiger partial charge in [-0.05, 0) is 65.9 Å². The van der Waals surface area contributed by atoms with Gasteiger partial charge in [0.05, 0.1) is 11.6 Å². The molecule has 0 bridgehead atoms. The first kappa shape index (κ1) is 14.5. The van der Waals surface area contributed by atoms with Crippen molar-refractivity contribution in [3.05, 3.63) is 20.8 Å². The molecule has 1 aliphatic carbocycles. The first-order chi connectivity index (χ1) is 8.59. The Morgan fingerprint density at radius 3 is 2.72 bits per heavy atom. The number of ether oxygens (including phenoxy) is 1. The number of nitrogens with two attached hydrogens (primary N) is 1. The van der Waals surface area contributed by atoms with Gasteiger partial charge in [-0.15, -0.1) is 11.3 Å². The highest BCUT2D eigenvalue weighted by atomic mass is 79.9. The van der Waals surface area contributed by atoms with Gasteiger partial charge in [0, 0.05) is 16.0 Å². The Bertz CT molecular complexity index is 385. The topological polar surface area (TPSA) is 35.2 Å². The molecule has 1 aromatic rings. The molecule has 102 valence electrons. The molecule has 2 N–H and O–H groups in total. The second-order valence-electron chi connectivity index (χ2n) is 5.29. The summed E-state index contributed by atoms with van der Waals surface area (Å²) in [6.07, 6.45) is 4.59. The van der Waals surface area contributed by atoms with Crippen LogP contribution in [0.1, 0.15) is 50.4 Å². The third kappa shape index (κ3) is 2.82. The molecule has 0 saturated heterocycles. The lowest BCUT2D eigenvalue weighted by molar-refractivity contribution is -0.0891. The second kappa shape index (κ2) is 6.04. The van der Waals surface area contributed by atoms with Crippen molar-refractivity contribution in [3.63, 3.8) is 0 Å². The number of halogens is 1. The van der Waals surface area contributed by atoms with Crippen molar-refractivity contribution in [2.75, 3.05) is 6.61 Å². The number of rotatable bonds is 4. The van der Waals surface area contributed by atoms with Crippen LogP contribution in [0.5, 0.6) is 0 Å². The van der Waals surface area contributed by atoms with E-state index < -0.39 is 0 Å². The number of hydrogen-bond donors (Lipinski definition) is 1. The van der Waals surface area contributed by atoms with E-state index in [-0.39, 0.29) is 11.6 Å². The van der Waals surface area contributed by atoms with Crippen LogP contribution in [-0.2, 0) is 4.74 Å². The predicted molar refractivity (Wildman–Crippen MR) is 80.9 cm³/mol. The van der Waals surface area contributed by atoms with Gasteiger partial charge in [-0.1, -0.05) is 6.92 Å². The Morgan fingerprint density at radius 2 is 2.22 bits per heavy atom. The molecule has 2 nitrogen and oxygen atoms in total. The fourth-order valence-electron chi connectivity index (χ4n) is 2.85. The molecule has 0 aromatic carbocycles. The Labute approximate surface area is 122 Å². The van der Waals surface area contributed by atoms with E-state index in [4.69, 9.17) is 10.5 Å². The largest absolute Gasteiger partial charge is 0.373 e. The molecular weight excluding hydrogens is 310 g/mol. The first-order valence-corrected chi connectivity index (χ1v) is 8.39. The molecule has 1 aromatic heterocycles.